The van der Waals surface area contributed by atoms with Gasteiger partial charge in [-0.2, -0.15) is 13.2 Å². The number of ether oxygens (including phenoxy) is 3. The number of H-pyrrole nitrogens is 1. The summed E-state index contributed by atoms with van der Waals surface area (Å²) in [6.07, 6.45) is 3.70. The van der Waals surface area contributed by atoms with Gasteiger partial charge in [-0.3, -0.25) is 14.7 Å². The standard InChI is InChI=1S/C39H46F4N6O4/c1-4-52-33(50)21-49-15-11-26(12-16-49)53-27-9-10-28(30(40)18-27)36-46-35-32(48(2)22-38(23-51-3)13-5-6-14-38)19-31(45-37(35)47-36)25-17-29(39(41,42)43)34(44-20-25)24-7-8-24/h9-10,17-20,24,26H,4-8,11-16,21-23H2,1-3H3,(H,45,46,47). The van der Waals surface area contributed by atoms with Crippen LogP contribution in [0.4, 0.5) is 23.2 Å². The van der Waals surface area contributed by atoms with E-state index >= 15 is 4.39 Å². The van der Waals surface area contributed by atoms with Crippen LogP contribution in [0, 0.1) is 11.2 Å². The van der Waals surface area contributed by atoms with E-state index in [2.05, 4.69) is 14.9 Å². The van der Waals surface area contributed by atoms with Gasteiger partial charge in [-0.05, 0) is 69.7 Å². The van der Waals surface area contributed by atoms with Crippen molar-refractivity contribution in [3.05, 3.63) is 53.6 Å². The summed E-state index contributed by atoms with van der Waals surface area (Å²) in [5.41, 5.74) is 1.46. The molecule has 7 rings (SSSR count). The van der Waals surface area contributed by atoms with Gasteiger partial charge in [-0.1, -0.05) is 12.8 Å². The molecule has 3 aromatic heterocycles. The smallest absolute Gasteiger partial charge is 0.418 e. The van der Waals surface area contributed by atoms with Crippen LogP contribution in [0.2, 0.25) is 0 Å². The molecule has 2 aliphatic carbocycles. The minimum atomic E-state index is -4.56. The van der Waals surface area contributed by atoms with Crippen LogP contribution in [-0.4, -0.2) is 90.5 Å². The lowest BCUT2D eigenvalue weighted by atomic mass is 9.86. The van der Waals surface area contributed by atoms with E-state index in [1.54, 1.807) is 32.2 Å². The van der Waals surface area contributed by atoms with Gasteiger partial charge >= 0.3 is 12.1 Å². The average Bonchev–Trinajstić information content (AvgIpc) is 3.72. The molecule has 3 aliphatic rings. The number of aromatic amines is 1. The molecule has 4 heterocycles. The Kier molecular flexibility index (Phi) is 10.6. The first-order chi connectivity index (χ1) is 25.4. The molecule has 284 valence electrons. The first-order valence-electron chi connectivity index (χ1n) is 18.5. The zero-order valence-electron chi connectivity index (χ0n) is 30.4. The predicted octanol–water partition coefficient (Wildman–Crippen LogP) is 7.77. The molecule has 3 fully saturated rings. The molecule has 1 aliphatic heterocycles. The normalized spacial score (nSPS) is 18.1. The molecule has 10 nitrogen and oxygen atoms in total. The number of alkyl halides is 3. The summed E-state index contributed by atoms with van der Waals surface area (Å²) < 4.78 is 75.4. The van der Waals surface area contributed by atoms with Crippen LogP contribution >= 0.6 is 0 Å². The maximum atomic E-state index is 15.8. The van der Waals surface area contributed by atoms with Crippen molar-refractivity contribution < 1.29 is 36.6 Å². The fourth-order valence-electron chi connectivity index (χ4n) is 7.97. The molecule has 1 saturated heterocycles. The molecule has 0 bridgehead atoms. The number of likely N-dealkylation sites (tertiary alicyclic amines) is 1. The van der Waals surface area contributed by atoms with Crippen molar-refractivity contribution in [3.8, 4) is 28.4 Å². The summed E-state index contributed by atoms with van der Waals surface area (Å²) in [4.78, 5) is 32.9. The van der Waals surface area contributed by atoms with Crippen LogP contribution in [-0.2, 0) is 20.4 Å². The molecule has 14 heteroatoms. The number of rotatable bonds is 13. The number of nitrogens with one attached hydrogen (secondary N) is 1. The zero-order chi connectivity index (χ0) is 37.3. The van der Waals surface area contributed by atoms with Crippen molar-refractivity contribution in [2.24, 2.45) is 5.41 Å². The van der Waals surface area contributed by atoms with E-state index in [-0.39, 0.29) is 58.2 Å². The number of aromatic nitrogens is 4. The number of carbonyl (C=O) groups excluding carboxylic acids is 1. The molecule has 0 amide bonds. The minimum absolute atomic E-state index is 0.0758. The van der Waals surface area contributed by atoms with E-state index in [9.17, 15) is 18.0 Å². The monoisotopic (exact) mass is 738 g/mol. The Morgan fingerprint density at radius 2 is 1.83 bits per heavy atom. The fourth-order valence-corrected chi connectivity index (χ4v) is 7.97. The van der Waals surface area contributed by atoms with Crippen molar-refractivity contribution in [1.29, 1.82) is 0 Å². The summed E-state index contributed by atoms with van der Waals surface area (Å²) in [5, 5.41) is 0. The summed E-state index contributed by atoms with van der Waals surface area (Å²) in [6.45, 7) is 4.92. The zero-order valence-corrected chi connectivity index (χ0v) is 30.4. The first-order valence-corrected chi connectivity index (χ1v) is 18.5. The minimum Gasteiger partial charge on any atom is -0.490 e. The van der Waals surface area contributed by atoms with Gasteiger partial charge in [0.25, 0.3) is 0 Å². The largest absolute Gasteiger partial charge is 0.490 e. The maximum Gasteiger partial charge on any atom is 0.418 e. The average molecular weight is 739 g/mol. The van der Waals surface area contributed by atoms with E-state index in [4.69, 9.17) is 24.2 Å². The number of imidazole rings is 1. The van der Waals surface area contributed by atoms with Crippen molar-refractivity contribution >= 4 is 22.8 Å². The Labute approximate surface area is 306 Å². The Bertz CT molecular complexity index is 1930. The third kappa shape index (κ3) is 8.28. The number of hydrogen-bond donors (Lipinski definition) is 1. The van der Waals surface area contributed by atoms with Gasteiger partial charge in [-0.15, -0.1) is 0 Å². The quantitative estimate of drug-likeness (QED) is 0.109. The summed E-state index contributed by atoms with van der Waals surface area (Å²) >= 11 is 0. The summed E-state index contributed by atoms with van der Waals surface area (Å²) in [6, 6.07) is 7.53. The number of fused-ring (bicyclic) bond motifs is 1. The molecular weight excluding hydrogens is 692 g/mol. The van der Waals surface area contributed by atoms with Crippen LogP contribution in [0.5, 0.6) is 5.75 Å². The number of methoxy groups -OCH3 is 1. The highest BCUT2D eigenvalue weighted by Gasteiger charge is 2.40. The number of esters is 1. The van der Waals surface area contributed by atoms with Crippen LogP contribution in [0.3, 0.4) is 0 Å². The van der Waals surface area contributed by atoms with Crippen LogP contribution in [0.1, 0.15) is 75.5 Å². The van der Waals surface area contributed by atoms with E-state index < -0.39 is 17.6 Å². The van der Waals surface area contributed by atoms with Crippen LogP contribution in [0.15, 0.2) is 36.5 Å². The highest BCUT2D eigenvalue weighted by molar-refractivity contribution is 5.91. The lowest BCUT2D eigenvalue weighted by Crippen LogP contribution is -2.41. The van der Waals surface area contributed by atoms with Gasteiger partial charge in [0.1, 0.15) is 29.0 Å². The van der Waals surface area contributed by atoms with Gasteiger partial charge in [0.15, 0.2) is 5.65 Å². The highest BCUT2D eigenvalue weighted by Crippen LogP contribution is 2.46. The Balaban J connectivity index is 1.19. The Hall–Kier alpha value is -4.30. The molecule has 0 spiro atoms. The van der Waals surface area contributed by atoms with Crippen molar-refractivity contribution in [3.63, 3.8) is 0 Å². The first kappa shape index (κ1) is 37.0. The van der Waals surface area contributed by atoms with Gasteiger partial charge < -0.3 is 24.1 Å². The Morgan fingerprint density at radius 3 is 2.49 bits per heavy atom. The van der Waals surface area contributed by atoms with Crippen LogP contribution in [0.25, 0.3) is 33.8 Å². The number of benzene rings is 1. The van der Waals surface area contributed by atoms with Gasteiger partial charge in [0, 0.05) is 63.0 Å². The van der Waals surface area contributed by atoms with Crippen molar-refractivity contribution in [2.75, 3.05) is 58.5 Å². The van der Waals surface area contributed by atoms with E-state index in [0.29, 0.717) is 81.2 Å². The van der Waals surface area contributed by atoms with Crippen molar-refractivity contribution in [2.45, 2.75) is 76.5 Å². The number of piperidine rings is 1. The van der Waals surface area contributed by atoms with Gasteiger partial charge in [0.2, 0.25) is 0 Å². The third-order valence-corrected chi connectivity index (χ3v) is 10.7. The molecule has 1 aromatic carbocycles. The SMILES string of the molecule is CCOC(=O)CN1CCC(Oc2ccc(-c3nc4nc(-c5cnc(C6CC6)c(C(F)(F)F)c5)cc(N(C)CC5(COC)CCCC5)c4[nH]3)c(F)c2)CC1. The molecule has 0 radical (unpaired) electrons. The second-order valence-corrected chi connectivity index (χ2v) is 14.8. The second-order valence-electron chi connectivity index (χ2n) is 14.8. The number of halogens is 4. The summed E-state index contributed by atoms with van der Waals surface area (Å²) in [5.74, 6) is -0.357. The Morgan fingerprint density at radius 1 is 1.08 bits per heavy atom. The maximum absolute atomic E-state index is 15.8. The van der Waals surface area contributed by atoms with Gasteiger partial charge in [0.05, 0.1) is 48.0 Å². The third-order valence-electron chi connectivity index (χ3n) is 10.7. The number of anilines is 1. The molecule has 0 unspecified atom stereocenters. The lowest BCUT2D eigenvalue weighted by molar-refractivity contribution is -0.145. The second kappa shape index (κ2) is 15.2. The number of pyridine rings is 2. The van der Waals surface area contributed by atoms with Crippen LogP contribution < -0.4 is 9.64 Å². The lowest BCUT2D eigenvalue weighted by Gasteiger charge is -2.34. The molecular formula is C39H46F4N6O4. The predicted molar refractivity (Wildman–Crippen MR) is 192 cm³/mol. The highest BCUT2D eigenvalue weighted by atomic mass is 19.4. The molecule has 2 saturated carbocycles. The van der Waals surface area contributed by atoms with Crippen molar-refractivity contribution in [1.82, 2.24) is 24.8 Å². The number of hydrogen-bond acceptors (Lipinski definition) is 9. The number of nitrogens with zero attached hydrogens (tertiary/aromatic N) is 5. The fraction of sp³-hybridized carbons (Fsp3) is 0.538. The molecule has 4 aromatic rings. The summed E-state index contributed by atoms with van der Waals surface area (Å²) in [7, 11) is 3.64. The molecule has 53 heavy (non-hydrogen) atoms. The number of carbonyl (C=O) groups is 1. The molecule has 1 N–H and O–H groups in total. The van der Waals surface area contributed by atoms with E-state index in [1.807, 2.05) is 11.9 Å². The van der Waals surface area contributed by atoms with E-state index in [0.717, 1.165) is 31.7 Å². The molecule has 0 atom stereocenters. The van der Waals surface area contributed by atoms with Gasteiger partial charge in [-0.25, -0.2) is 14.4 Å². The van der Waals surface area contributed by atoms with E-state index in [1.165, 1.54) is 12.3 Å². The topological polar surface area (TPSA) is 106 Å².